The normalized spacial score (nSPS) is 9.82. The Morgan fingerprint density at radius 3 is 2.59 bits per heavy atom. The molecule has 94 valence electrons. The van der Waals surface area contributed by atoms with Gasteiger partial charge in [0.1, 0.15) is 0 Å². The highest BCUT2D eigenvalue weighted by atomic mass is 16.5. The first-order valence-electron chi connectivity index (χ1n) is 5.46. The number of nitrogens with one attached hydrogen (secondary N) is 1. The Morgan fingerprint density at radius 1 is 1.29 bits per heavy atom. The number of ether oxygens (including phenoxy) is 2. The standard InChI is InChI=1S/C11H18N4O2/c1-5-12-9-13-10(16-4)15-11(14-9)17-7-6-8(2)3/h2,5-7H2,1,3-4H3,(H,12,13,14,15). The molecule has 1 aromatic rings. The summed E-state index contributed by atoms with van der Waals surface area (Å²) in [5.41, 5.74) is 1.05. The third-order valence-electron chi connectivity index (χ3n) is 1.87. The molecule has 0 aliphatic rings. The zero-order valence-electron chi connectivity index (χ0n) is 10.5. The molecule has 0 radical (unpaired) electrons. The van der Waals surface area contributed by atoms with E-state index in [0.717, 1.165) is 18.5 Å². The van der Waals surface area contributed by atoms with Crippen molar-refractivity contribution in [2.24, 2.45) is 0 Å². The number of hydrogen-bond donors (Lipinski definition) is 1. The van der Waals surface area contributed by atoms with Gasteiger partial charge in [0.05, 0.1) is 13.7 Å². The van der Waals surface area contributed by atoms with Gasteiger partial charge in [-0.3, -0.25) is 0 Å². The Kier molecular flexibility index (Phi) is 5.19. The number of nitrogens with zero attached hydrogens (tertiary/aromatic N) is 3. The molecule has 1 aromatic heterocycles. The highest BCUT2D eigenvalue weighted by Crippen LogP contribution is 2.12. The zero-order valence-corrected chi connectivity index (χ0v) is 10.5. The van der Waals surface area contributed by atoms with E-state index >= 15 is 0 Å². The van der Waals surface area contributed by atoms with Crippen LogP contribution in [0.3, 0.4) is 0 Å². The van der Waals surface area contributed by atoms with E-state index in [2.05, 4.69) is 26.8 Å². The second-order valence-corrected chi connectivity index (χ2v) is 3.51. The fourth-order valence-corrected chi connectivity index (χ4v) is 1.05. The van der Waals surface area contributed by atoms with Crippen LogP contribution in [0.25, 0.3) is 0 Å². The Bertz CT molecular complexity index is 382. The highest BCUT2D eigenvalue weighted by Gasteiger charge is 2.06. The van der Waals surface area contributed by atoms with Crippen molar-refractivity contribution in [3.63, 3.8) is 0 Å². The third-order valence-corrected chi connectivity index (χ3v) is 1.87. The number of methoxy groups -OCH3 is 1. The predicted octanol–water partition coefficient (Wildman–Crippen LogP) is 1.66. The second-order valence-electron chi connectivity index (χ2n) is 3.51. The van der Waals surface area contributed by atoms with Crippen LogP contribution < -0.4 is 14.8 Å². The average molecular weight is 238 g/mol. The largest absolute Gasteiger partial charge is 0.467 e. The molecule has 0 spiro atoms. The van der Waals surface area contributed by atoms with Crippen molar-refractivity contribution in [1.82, 2.24) is 15.0 Å². The molecule has 0 aromatic carbocycles. The monoisotopic (exact) mass is 238 g/mol. The molecule has 0 aliphatic carbocycles. The van der Waals surface area contributed by atoms with Crippen molar-refractivity contribution in [3.05, 3.63) is 12.2 Å². The first kappa shape index (κ1) is 13.2. The fourth-order valence-electron chi connectivity index (χ4n) is 1.05. The van der Waals surface area contributed by atoms with Crippen LogP contribution in [0.1, 0.15) is 20.3 Å². The van der Waals surface area contributed by atoms with Crippen molar-refractivity contribution in [2.45, 2.75) is 20.3 Å². The first-order chi connectivity index (χ1) is 8.15. The molecule has 1 N–H and O–H groups in total. The van der Waals surface area contributed by atoms with Crippen molar-refractivity contribution >= 4 is 5.95 Å². The van der Waals surface area contributed by atoms with E-state index < -0.39 is 0 Å². The minimum Gasteiger partial charge on any atom is -0.467 e. The molecular weight excluding hydrogens is 220 g/mol. The van der Waals surface area contributed by atoms with E-state index in [9.17, 15) is 0 Å². The number of aromatic nitrogens is 3. The summed E-state index contributed by atoms with van der Waals surface area (Å²) in [6.45, 7) is 8.91. The molecular formula is C11H18N4O2. The molecule has 0 saturated carbocycles. The van der Waals surface area contributed by atoms with Crippen molar-refractivity contribution < 1.29 is 9.47 Å². The SMILES string of the molecule is C=C(C)CCOc1nc(NCC)nc(OC)n1. The molecule has 6 heteroatoms. The molecule has 1 heterocycles. The molecule has 0 saturated heterocycles. The van der Waals surface area contributed by atoms with Crippen molar-refractivity contribution in [3.8, 4) is 12.0 Å². The Hall–Kier alpha value is -1.85. The van der Waals surface area contributed by atoms with E-state index in [-0.39, 0.29) is 12.0 Å². The molecule has 6 nitrogen and oxygen atoms in total. The van der Waals surface area contributed by atoms with Crippen LogP contribution in [-0.2, 0) is 0 Å². The van der Waals surface area contributed by atoms with Gasteiger partial charge in [-0.2, -0.15) is 9.97 Å². The number of rotatable bonds is 7. The Labute approximate surface area is 101 Å². The van der Waals surface area contributed by atoms with Gasteiger partial charge in [0, 0.05) is 13.0 Å². The number of anilines is 1. The van der Waals surface area contributed by atoms with Gasteiger partial charge >= 0.3 is 12.0 Å². The lowest BCUT2D eigenvalue weighted by Gasteiger charge is -2.07. The summed E-state index contributed by atoms with van der Waals surface area (Å²) in [5.74, 6) is 0.449. The lowest BCUT2D eigenvalue weighted by Crippen LogP contribution is -2.08. The topological polar surface area (TPSA) is 69.2 Å². The van der Waals surface area contributed by atoms with E-state index in [1.807, 2.05) is 13.8 Å². The molecule has 0 bridgehead atoms. The summed E-state index contributed by atoms with van der Waals surface area (Å²) < 4.78 is 10.4. The summed E-state index contributed by atoms with van der Waals surface area (Å²) >= 11 is 0. The van der Waals surface area contributed by atoms with Crippen LogP contribution in [0.2, 0.25) is 0 Å². The zero-order chi connectivity index (χ0) is 12.7. The van der Waals surface area contributed by atoms with Gasteiger partial charge in [-0.25, -0.2) is 0 Å². The van der Waals surface area contributed by atoms with Gasteiger partial charge < -0.3 is 14.8 Å². The van der Waals surface area contributed by atoms with E-state index in [4.69, 9.17) is 9.47 Å². The van der Waals surface area contributed by atoms with E-state index in [1.165, 1.54) is 7.11 Å². The summed E-state index contributed by atoms with van der Waals surface area (Å²) in [5, 5.41) is 2.98. The van der Waals surface area contributed by atoms with Gasteiger partial charge in [0.15, 0.2) is 0 Å². The minimum atomic E-state index is 0.237. The maximum absolute atomic E-state index is 5.40. The van der Waals surface area contributed by atoms with Crippen LogP contribution in [0.4, 0.5) is 5.95 Å². The van der Waals surface area contributed by atoms with Crippen LogP contribution in [0.15, 0.2) is 12.2 Å². The molecule has 0 amide bonds. The van der Waals surface area contributed by atoms with Gasteiger partial charge in [-0.15, -0.1) is 11.6 Å². The maximum atomic E-state index is 5.40. The minimum absolute atomic E-state index is 0.237. The summed E-state index contributed by atoms with van der Waals surface area (Å²) in [4.78, 5) is 12.1. The molecule has 0 aliphatic heterocycles. The molecule has 1 rings (SSSR count). The van der Waals surface area contributed by atoms with Crippen LogP contribution in [0.5, 0.6) is 12.0 Å². The Morgan fingerprint density at radius 2 is 2.00 bits per heavy atom. The fraction of sp³-hybridized carbons (Fsp3) is 0.545. The molecule has 0 fully saturated rings. The third kappa shape index (κ3) is 4.67. The van der Waals surface area contributed by atoms with Gasteiger partial charge in [0.2, 0.25) is 5.95 Å². The Balaban J connectivity index is 2.69. The first-order valence-corrected chi connectivity index (χ1v) is 5.46. The van der Waals surface area contributed by atoms with Crippen LogP contribution >= 0.6 is 0 Å². The van der Waals surface area contributed by atoms with Gasteiger partial charge in [-0.05, 0) is 13.8 Å². The van der Waals surface area contributed by atoms with Gasteiger partial charge in [-0.1, -0.05) is 5.57 Å². The smallest absolute Gasteiger partial charge is 0.324 e. The lowest BCUT2D eigenvalue weighted by atomic mass is 10.3. The summed E-state index contributed by atoms with van der Waals surface area (Å²) in [6, 6.07) is 0.496. The van der Waals surface area contributed by atoms with Gasteiger partial charge in [0.25, 0.3) is 0 Å². The lowest BCUT2D eigenvalue weighted by molar-refractivity contribution is 0.284. The molecule has 17 heavy (non-hydrogen) atoms. The second kappa shape index (κ2) is 6.67. The van der Waals surface area contributed by atoms with Crippen LogP contribution in [0, 0.1) is 0 Å². The van der Waals surface area contributed by atoms with Crippen molar-refractivity contribution in [2.75, 3.05) is 25.6 Å². The van der Waals surface area contributed by atoms with Crippen LogP contribution in [-0.4, -0.2) is 35.2 Å². The molecule has 0 atom stereocenters. The van der Waals surface area contributed by atoms with Crippen molar-refractivity contribution in [1.29, 1.82) is 0 Å². The average Bonchev–Trinajstić information content (AvgIpc) is 2.28. The summed E-state index contributed by atoms with van der Waals surface area (Å²) in [7, 11) is 1.50. The van der Waals surface area contributed by atoms with E-state index in [1.54, 1.807) is 0 Å². The van der Waals surface area contributed by atoms with E-state index in [0.29, 0.717) is 12.6 Å². The summed E-state index contributed by atoms with van der Waals surface area (Å²) in [6.07, 6.45) is 0.768. The quantitative estimate of drug-likeness (QED) is 0.728. The number of hydrogen-bond acceptors (Lipinski definition) is 6. The predicted molar refractivity (Wildman–Crippen MR) is 65.5 cm³/mol. The molecule has 0 unspecified atom stereocenters. The maximum Gasteiger partial charge on any atom is 0.324 e. The highest BCUT2D eigenvalue weighted by molar-refractivity contribution is 5.27.